The average Bonchev–Trinajstić information content (AvgIpc) is 2.03. The molecule has 0 unspecified atom stereocenters. The monoisotopic (exact) mass is 154 g/mol. The van der Waals surface area contributed by atoms with E-state index in [4.69, 9.17) is 0 Å². The largest absolute Gasteiger partial charge is 0.271 e. The van der Waals surface area contributed by atoms with E-state index in [2.05, 4.69) is 10.2 Å². The van der Waals surface area contributed by atoms with Crippen LogP contribution in [0.1, 0.15) is 39.0 Å². The molecule has 0 N–H and O–H groups in total. The van der Waals surface area contributed by atoms with Crippen molar-refractivity contribution in [3.63, 3.8) is 0 Å². The molecule has 0 aromatic carbocycles. The van der Waals surface area contributed by atoms with E-state index in [0.717, 1.165) is 12.8 Å². The van der Waals surface area contributed by atoms with Gasteiger partial charge in [0.2, 0.25) is 0 Å². The van der Waals surface area contributed by atoms with Crippen LogP contribution in [-0.4, -0.2) is 11.9 Å². The number of rotatable bonds is 1. The molecule has 1 aliphatic carbocycles. The molecule has 11 heavy (non-hydrogen) atoms. The molecule has 0 saturated heterocycles. The fraction of sp³-hybridized carbons (Fsp3) is 0.875. The van der Waals surface area contributed by atoms with Crippen molar-refractivity contribution in [2.75, 3.05) is 0 Å². The first-order valence-corrected chi connectivity index (χ1v) is 4.20. The van der Waals surface area contributed by atoms with Crippen LogP contribution in [0.5, 0.6) is 0 Å². The van der Waals surface area contributed by atoms with Crippen LogP contribution in [0.25, 0.3) is 0 Å². The SMILES string of the molecule is CC(=O)N=NC1CCCCC1. The number of amides is 1. The minimum Gasteiger partial charge on any atom is -0.271 e. The van der Waals surface area contributed by atoms with Gasteiger partial charge in [-0.05, 0) is 12.8 Å². The standard InChI is InChI=1S/C8H14N2O/c1-7(11)9-10-8-5-3-2-4-6-8/h8H,2-6H2,1H3. The summed E-state index contributed by atoms with van der Waals surface area (Å²) in [4.78, 5) is 10.4. The minimum atomic E-state index is -0.185. The molecule has 0 atom stereocenters. The van der Waals surface area contributed by atoms with E-state index in [9.17, 15) is 4.79 Å². The summed E-state index contributed by atoms with van der Waals surface area (Å²) in [6.07, 6.45) is 6.00. The van der Waals surface area contributed by atoms with Gasteiger partial charge < -0.3 is 0 Å². The van der Waals surface area contributed by atoms with E-state index in [1.54, 1.807) is 0 Å². The lowest BCUT2D eigenvalue weighted by molar-refractivity contribution is -0.116. The summed E-state index contributed by atoms with van der Waals surface area (Å²) < 4.78 is 0. The van der Waals surface area contributed by atoms with Crippen molar-refractivity contribution in [2.24, 2.45) is 10.2 Å². The summed E-state index contributed by atoms with van der Waals surface area (Å²) in [5.41, 5.74) is 0. The third-order valence-electron chi connectivity index (χ3n) is 1.94. The number of azo groups is 1. The van der Waals surface area contributed by atoms with Crippen molar-refractivity contribution in [3.05, 3.63) is 0 Å². The minimum absolute atomic E-state index is 0.185. The first kappa shape index (κ1) is 8.37. The molecule has 3 heteroatoms. The van der Waals surface area contributed by atoms with E-state index in [-0.39, 0.29) is 5.91 Å². The Bertz CT molecular complexity index is 159. The van der Waals surface area contributed by atoms with Gasteiger partial charge in [-0.25, -0.2) is 0 Å². The number of carbonyl (C=O) groups excluding carboxylic acids is 1. The van der Waals surface area contributed by atoms with Gasteiger partial charge in [-0.15, -0.1) is 5.11 Å². The summed E-state index contributed by atoms with van der Waals surface area (Å²) in [5.74, 6) is -0.185. The van der Waals surface area contributed by atoms with Gasteiger partial charge in [0, 0.05) is 6.92 Å². The molecule has 0 spiro atoms. The molecule has 1 fully saturated rings. The maximum atomic E-state index is 10.4. The van der Waals surface area contributed by atoms with Gasteiger partial charge in [0.15, 0.2) is 0 Å². The van der Waals surface area contributed by atoms with Crippen LogP contribution in [0.2, 0.25) is 0 Å². The van der Waals surface area contributed by atoms with Gasteiger partial charge in [0.05, 0.1) is 6.04 Å². The molecule has 0 aliphatic heterocycles. The Hall–Kier alpha value is -0.730. The van der Waals surface area contributed by atoms with Crippen molar-refractivity contribution in [2.45, 2.75) is 45.1 Å². The van der Waals surface area contributed by atoms with Gasteiger partial charge in [0.25, 0.3) is 5.91 Å². The first-order valence-electron chi connectivity index (χ1n) is 4.20. The molecule has 0 radical (unpaired) electrons. The zero-order valence-electron chi connectivity index (χ0n) is 6.92. The van der Waals surface area contributed by atoms with Crippen molar-refractivity contribution < 1.29 is 4.79 Å². The van der Waals surface area contributed by atoms with Gasteiger partial charge in [0.1, 0.15) is 0 Å². The molecule has 62 valence electrons. The van der Waals surface area contributed by atoms with Crippen LogP contribution < -0.4 is 0 Å². The maximum absolute atomic E-state index is 10.4. The van der Waals surface area contributed by atoms with E-state index >= 15 is 0 Å². The van der Waals surface area contributed by atoms with Crippen molar-refractivity contribution in [1.82, 2.24) is 0 Å². The lowest BCUT2D eigenvalue weighted by Gasteiger charge is -2.15. The molecular formula is C8H14N2O. The van der Waals surface area contributed by atoms with Crippen molar-refractivity contribution in [1.29, 1.82) is 0 Å². The predicted octanol–water partition coefficient (Wildman–Crippen LogP) is 2.32. The third-order valence-corrected chi connectivity index (χ3v) is 1.94. The Morgan fingerprint density at radius 1 is 1.27 bits per heavy atom. The van der Waals surface area contributed by atoms with E-state index in [1.165, 1.54) is 26.2 Å². The number of hydrogen-bond donors (Lipinski definition) is 0. The summed E-state index contributed by atoms with van der Waals surface area (Å²) >= 11 is 0. The second-order valence-corrected chi connectivity index (χ2v) is 3.03. The molecule has 0 bridgehead atoms. The molecule has 3 nitrogen and oxygen atoms in total. The predicted molar refractivity (Wildman–Crippen MR) is 42.4 cm³/mol. The highest BCUT2D eigenvalue weighted by Gasteiger charge is 2.11. The van der Waals surface area contributed by atoms with Crippen LogP contribution in [0.15, 0.2) is 10.2 Å². The zero-order chi connectivity index (χ0) is 8.10. The second kappa shape index (κ2) is 4.21. The molecule has 0 aromatic heterocycles. The summed E-state index contributed by atoms with van der Waals surface area (Å²) in [6, 6.07) is 0.327. The zero-order valence-corrected chi connectivity index (χ0v) is 6.92. The van der Waals surface area contributed by atoms with Gasteiger partial charge >= 0.3 is 0 Å². The lowest BCUT2D eigenvalue weighted by atomic mass is 9.96. The molecule has 0 aromatic rings. The maximum Gasteiger partial charge on any atom is 0.261 e. The molecular weight excluding hydrogens is 140 g/mol. The molecule has 0 heterocycles. The van der Waals surface area contributed by atoms with Crippen LogP contribution in [0, 0.1) is 0 Å². The van der Waals surface area contributed by atoms with Crippen LogP contribution in [0.3, 0.4) is 0 Å². The number of hydrogen-bond acceptors (Lipinski definition) is 2. The normalized spacial score (nSPS) is 20.8. The summed E-state index contributed by atoms with van der Waals surface area (Å²) in [6.45, 7) is 1.44. The van der Waals surface area contributed by atoms with E-state index < -0.39 is 0 Å². The fourth-order valence-electron chi connectivity index (χ4n) is 1.36. The lowest BCUT2D eigenvalue weighted by Crippen LogP contribution is -2.08. The Morgan fingerprint density at radius 2 is 1.91 bits per heavy atom. The van der Waals surface area contributed by atoms with Crippen molar-refractivity contribution >= 4 is 5.91 Å². The summed E-state index contributed by atoms with van der Waals surface area (Å²) in [5, 5.41) is 7.49. The number of carbonyl (C=O) groups is 1. The molecule has 1 rings (SSSR count). The van der Waals surface area contributed by atoms with Gasteiger partial charge in [-0.1, -0.05) is 19.3 Å². The van der Waals surface area contributed by atoms with Crippen LogP contribution >= 0.6 is 0 Å². The number of nitrogens with zero attached hydrogens (tertiary/aromatic N) is 2. The van der Waals surface area contributed by atoms with Gasteiger partial charge in [-0.2, -0.15) is 5.11 Å². The van der Waals surface area contributed by atoms with Crippen LogP contribution in [0.4, 0.5) is 0 Å². The second-order valence-electron chi connectivity index (χ2n) is 3.03. The highest BCUT2D eigenvalue weighted by atomic mass is 16.1. The molecule has 1 amide bonds. The van der Waals surface area contributed by atoms with E-state index in [1.807, 2.05) is 0 Å². The highest BCUT2D eigenvalue weighted by Crippen LogP contribution is 2.20. The first-order chi connectivity index (χ1) is 5.29. The Balaban J connectivity index is 2.29. The summed E-state index contributed by atoms with van der Waals surface area (Å²) in [7, 11) is 0. The van der Waals surface area contributed by atoms with Crippen LogP contribution in [-0.2, 0) is 4.79 Å². The topological polar surface area (TPSA) is 41.8 Å². The average molecular weight is 154 g/mol. The third kappa shape index (κ3) is 3.25. The Morgan fingerprint density at radius 3 is 2.45 bits per heavy atom. The molecule has 1 aliphatic rings. The quantitative estimate of drug-likeness (QED) is 0.534. The Kier molecular flexibility index (Phi) is 3.20. The van der Waals surface area contributed by atoms with Crippen molar-refractivity contribution in [3.8, 4) is 0 Å². The highest BCUT2D eigenvalue weighted by molar-refractivity contribution is 5.73. The smallest absolute Gasteiger partial charge is 0.261 e. The van der Waals surface area contributed by atoms with E-state index in [0.29, 0.717) is 6.04 Å². The molecule has 1 saturated carbocycles. The van der Waals surface area contributed by atoms with Gasteiger partial charge in [-0.3, -0.25) is 4.79 Å². The fourth-order valence-corrected chi connectivity index (χ4v) is 1.36. The Labute approximate surface area is 66.9 Å².